The van der Waals surface area contributed by atoms with Crippen LogP contribution in [0.15, 0.2) is 6.20 Å². The second-order valence-electron chi connectivity index (χ2n) is 6.11. The average molecular weight is 332 g/mol. The van der Waals surface area contributed by atoms with E-state index >= 15 is 0 Å². The van der Waals surface area contributed by atoms with Gasteiger partial charge < -0.3 is 10.0 Å². The van der Waals surface area contributed by atoms with E-state index in [1.165, 1.54) is 6.20 Å². The van der Waals surface area contributed by atoms with Gasteiger partial charge in [-0.05, 0) is 26.7 Å². The van der Waals surface area contributed by atoms with Gasteiger partial charge in [0, 0.05) is 25.8 Å². The second-order valence-corrected chi connectivity index (χ2v) is 6.11. The van der Waals surface area contributed by atoms with Crippen LogP contribution < -0.4 is 0 Å². The summed E-state index contributed by atoms with van der Waals surface area (Å²) in [5, 5.41) is 20.8. The van der Waals surface area contributed by atoms with Gasteiger partial charge in [-0.3, -0.25) is 9.48 Å². The van der Waals surface area contributed by atoms with Crippen LogP contribution in [0.5, 0.6) is 0 Å². The highest BCUT2D eigenvalue weighted by Crippen LogP contribution is 2.24. The summed E-state index contributed by atoms with van der Waals surface area (Å²) in [6.45, 7) is 4.86. The fourth-order valence-corrected chi connectivity index (χ4v) is 3.15. The molecular formula is C15H20N6O3. The van der Waals surface area contributed by atoms with Crippen LogP contribution >= 0.6 is 0 Å². The van der Waals surface area contributed by atoms with Gasteiger partial charge >= 0.3 is 5.97 Å². The summed E-state index contributed by atoms with van der Waals surface area (Å²) >= 11 is 0. The number of carboxylic acid groups (broad SMARTS) is 1. The first kappa shape index (κ1) is 16.2. The third kappa shape index (κ3) is 2.77. The zero-order valence-corrected chi connectivity index (χ0v) is 13.9. The van der Waals surface area contributed by atoms with Crippen LogP contribution in [-0.4, -0.2) is 59.7 Å². The molecule has 2 aromatic rings. The van der Waals surface area contributed by atoms with Crippen LogP contribution in [-0.2, 0) is 7.05 Å². The number of aryl methyl sites for hydroxylation is 2. The Morgan fingerprint density at radius 2 is 2.08 bits per heavy atom. The van der Waals surface area contributed by atoms with Crippen LogP contribution in [0.3, 0.4) is 0 Å². The van der Waals surface area contributed by atoms with Gasteiger partial charge in [0.2, 0.25) is 0 Å². The molecule has 0 saturated carbocycles. The maximum Gasteiger partial charge on any atom is 0.358 e. The lowest BCUT2D eigenvalue weighted by Crippen LogP contribution is -2.41. The Hall–Kier alpha value is -2.71. The van der Waals surface area contributed by atoms with Crippen molar-refractivity contribution in [3.63, 3.8) is 0 Å². The van der Waals surface area contributed by atoms with Crippen LogP contribution in [0.2, 0.25) is 0 Å². The van der Waals surface area contributed by atoms with E-state index in [1.54, 1.807) is 14.3 Å². The largest absolute Gasteiger partial charge is 0.476 e. The number of hydrogen-bond acceptors (Lipinski definition) is 5. The van der Waals surface area contributed by atoms with Crippen molar-refractivity contribution in [2.45, 2.75) is 32.7 Å². The van der Waals surface area contributed by atoms with Crippen molar-refractivity contribution < 1.29 is 14.7 Å². The minimum Gasteiger partial charge on any atom is -0.476 e. The third-order valence-corrected chi connectivity index (χ3v) is 4.51. The normalized spacial score (nSPS) is 18.0. The monoisotopic (exact) mass is 332 g/mol. The standard InChI is InChI=1S/C15H20N6O3/c1-9-13(10(2)19(3)17-9)14(22)20-6-4-5-11(7-20)21-8-12(15(23)24)16-18-21/h8,11H,4-7H2,1-3H3,(H,23,24). The minimum atomic E-state index is -1.10. The van der Waals surface area contributed by atoms with Crippen LogP contribution in [0, 0.1) is 13.8 Å². The number of carboxylic acids is 1. The Morgan fingerprint density at radius 3 is 2.67 bits per heavy atom. The number of amides is 1. The molecule has 1 atom stereocenters. The molecule has 9 heteroatoms. The highest BCUT2D eigenvalue weighted by Gasteiger charge is 2.29. The number of carbonyl (C=O) groups is 2. The second kappa shape index (κ2) is 6.06. The van der Waals surface area contributed by atoms with Gasteiger partial charge in [0.1, 0.15) is 0 Å². The maximum absolute atomic E-state index is 12.9. The first-order valence-electron chi connectivity index (χ1n) is 7.83. The molecule has 1 aliphatic heterocycles. The summed E-state index contributed by atoms with van der Waals surface area (Å²) in [5.74, 6) is -1.15. The quantitative estimate of drug-likeness (QED) is 0.891. The fourth-order valence-electron chi connectivity index (χ4n) is 3.15. The average Bonchev–Trinajstić information content (AvgIpc) is 3.13. The zero-order chi connectivity index (χ0) is 17.4. The summed E-state index contributed by atoms with van der Waals surface area (Å²) in [6, 6.07) is -0.0689. The third-order valence-electron chi connectivity index (χ3n) is 4.51. The van der Waals surface area contributed by atoms with E-state index in [4.69, 9.17) is 5.11 Å². The molecule has 0 aromatic carbocycles. The van der Waals surface area contributed by atoms with Crippen molar-refractivity contribution in [2.24, 2.45) is 7.05 Å². The number of aromatic nitrogens is 5. The number of piperidine rings is 1. The number of hydrogen-bond donors (Lipinski definition) is 1. The Balaban J connectivity index is 1.80. The van der Waals surface area contributed by atoms with Gasteiger partial charge in [-0.25, -0.2) is 9.48 Å². The van der Waals surface area contributed by atoms with Crippen molar-refractivity contribution in [3.05, 3.63) is 28.8 Å². The molecule has 1 aliphatic rings. The highest BCUT2D eigenvalue weighted by atomic mass is 16.4. The zero-order valence-electron chi connectivity index (χ0n) is 13.9. The van der Waals surface area contributed by atoms with Crippen LogP contribution in [0.4, 0.5) is 0 Å². The van der Waals surface area contributed by atoms with Gasteiger partial charge in [0.25, 0.3) is 5.91 Å². The van der Waals surface area contributed by atoms with E-state index in [0.29, 0.717) is 18.7 Å². The topological polar surface area (TPSA) is 106 Å². The Kier molecular flexibility index (Phi) is 4.08. The summed E-state index contributed by atoms with van der Waals surface area (Å²) in [4.78, 5) is 25.6. The molecule has 1 unspecified atom stereocenters. The van der Waals surface area contributed by atoms with E-state index in [9.17, 15) is 9.59 Å². The number of likely N-dealkylation sites (tertiary alicyclic amines) is 1. The molecule has 3 heterocycles. The molecular weight excluding hydrogens is 312 g/mol. The fraction of sp³-hybridized carbons (Fsp3) is 0.533. The molecule has 2 aromatic heterocycles. The number of aromatic carboxylic acids is 1. The van der Waals surface area contributed by atoms with Gasteiger partial charge in [0.05, 0.1) is 23.5 Å². The smallest absolute Gasteiger partial charge is 0.358 e. The van der Waals surface area contributed by atoms with Crippen LogP contribution in [0.25, 0.3) is 0 Å². The summed E-state index contributed by atoms with van der Waals surface area (Å²) < 4.78 is 3.26. The molecule has 0 radical (unpaired) electrons. The Morgan fingerprint density at radius 1 is 1.33 bits per heavy atom. The predicted molar refractivity (Wildman–Crippen MR) is 83.8 cm³/mol. The lowest BCUT2D eigenvalue weighted by atomic mass is 10.0. The van der Waals surface area contributed by atoms with Gasteiger partial charge in [-0.1, -0.05) is 5.21 Å². The summed E-state index contributed by atoms with van der Waals surface area (Å²) in [6.07, 6.45) is 3.08. The molecule has 3 rings (SSSR count). The van der Waals surface area contributed by atoms with Gasteiger partial charge in [-0.15, -0.1) is 5.10 Å². The summed E-state index contributed by atoms with van der Waals surface area (Å²) in [5.41, 5.74) is 2.12. The van der Waals surface area contributed by atoms with Crippen molar-refractivity contribution in [3.8, 4) is 0 Å². The molecule has 1 amide bonds. The highest BCUT2D eigenvalue weighted by molar-refractivity contribution is 5.96. The van der Waals surface area contributed by atoms with Crippen molar-refractivity contribution in [2.75, 3.05) is 13.1 Å². The van der Waals surface area contributed by atoms with Crippen molar-refractivity contribution in [1.82, 2.24) is 29.7 Å². The van der Waals surface area contributed by atoms with E-state index in [2.05, 4.69) is 15.4 Å². The first-order chi connectivity index (χ1) is 11.4. The molecule has 0 bridgehead atoms. The lowest BCUT2D eigenvalue weighted by Gasteiger charge is -2.32. The molecule has 0 aliphatic carbocycles. The van der Waals surface area contributed by atoms with E-state index < -0.39 is 5.97 Å². The lowest BCUT2D eigenvalue weighted by molar-refractivity contribution is 0.0664. The Labute approximate surface area is 138 Å². The van der Waals surface area contributed by atoms with Crippen molar-refractivity contribution in [1.29, 1.82) is 0 Å². The minimum absolute atomic E-state index is 0.0404. The van der Waals surface area contributed by atoms with E-state index in [1.807, 2.05) is 20.9 Å². The molecule has 1 saturated heterocycles. The van der Waals surface area contributed by atoms with Gasteiger partial charge in [-0.2, -0.15) is 5.10 Å². The van der Waals surface area contributed by atoms with E-state index in [0.717, 1.165) is 24.2 Å². The van der Waals surface area contributed by atoms with Crippen molar-refractivity contribution >= 4 is 11.9 Å². The summed E-state index contributed by atoms with van der Waals surface area (Å²) in [7, 11) is 1.82. The number of carbonyl (C=O) groups excluding carboxylic acids is 1. The first-order valence-corrected chi connectivity index (χ1v) is 7.83. The molecule has 0 spiro atoms. The van der Waals surface area contributed by atoms with Crippen LogP contribution in [0.1, 0.15) is 51.1 Å². The number of rotatable bonds is 3. The molecule has 1 fully saturated rings. The molecule has 128 valence electrons. The Bertz CT molecular complexity index is 793. The van der Waals surface area contributed by atoms with Gasteiger partial charge in [0.15, 0.2) is 5.69 Å². The number of nitrogens with zero attached hydrogens (tertiary/aromatic N) is 6. The molecule has 24 heavy (non-hydrogen) atoms. The molecule has 1 N–H and O–H groups in total. The SMILES string of the molecule is Cc1nn(C)c(C)c1C(=O)N1CCCC(n2cc(C(=O)O)nn2)C1. The predicted octanol–water partition coefficient (Wildman–Crippen LogP) is 0.804. The molecule has 9 nitrogen and oxygen atoms in total. The maximum atomic E-state index is 12.9. The van der Waals surface area contributed by atoms with E-state index in [-0.39, 0.29) is 17.6 Å².